The number of nitrogens with one attached hydrogen (secondary N) is 1. The molecule has 0 atom stereocenters. The van der Waals surface area contributed by atoms with E-state index in [-0.39, 0.29) is 5.01 Å². The van der Waals surface area contributed by atoms with Crippen molar-refractivity contribution in [1.29, 1.82) is 0 Å². The second-order valence-corrected chi connectivity index (χ2v) is 4.51. The average Bonchev–Trinajstić information content (AvgIpc) is 2.73. The van der Waals surface area contributed by atoms with Gasteiger partial charge in [-0.25, -0.2) is 0 Å². The van der Waals surface area contributed by atoms with E-state index in [2.05, 4.69) is 15.5 Å². The number of rotatable bonds is 5. The van der Waals surface area contributed by atoms with Gasteiger partial charge < -0.3 is 10.2 Å². The Morgan fingerprint density at radius 1 is 1.44 bits per heavy atom. The van der Waals surface area contributed by atoms with Gasteiger partial charge in [-0.3, -0.25) is 4.79 Å². The van der Waals surface area contributed by atoms with Gasteiger partial charge in [-0.05, 0) is 6.92 Å². The van der Waals surface area contributed by atoms with Crippen LogP contribution in [0.15, 0.2) is 0 Å². The Labute approximate surface area is 106 Å². The van der Waals surface area contributed by atoms with Gasteiger partial charge in [-0.2, -0.15) is 13.2 Å². The third-order valence-corrected chi connectivity index (χ3v) is 2.88. The maximum atomic E-state index is 12.0. The summed E-state index contributed by atoms with van der Waals surface area (Å²) in [5, 5.41) is 10.8. The number of carbonyl (C=O) groups excluding carboxylic acids is 1. The lowest BCUT2D eigenvalue weighted by Crippen LogP contribution is -2.30. The molecule has 1 N–H and O–H groups in total. The zero-order chi connectivity index (χ0) is 13.8. The number of alkyl halides is 3. The standard InChI is InChI=1S/C9H13F3N4OS/c1-3-13-8-15-14-6(18-8)7(17)16(2)5-4-9(10,11)12/h3-5H2,1-2H3,(H,13,15). The lowest BCUT2D eigenvalue weighted by atomic mass is 10.4. The predicted molar refractivity (Wildman–Crippen MR) is 61.7 cm³/mol. The molecule has 0 bridgehead atoms. The van der Waals surface area contributed by atoms with E-state index in [9.17, 15) is 18.0 Å². The fourth-order valence-electron chi connectivity index (χ4n) is 1.09. The van der Waals surface area contributed by atoms with Crippen LogP contribution in [0.5, 0.6) is 0 Å². The number of hydrogen-bond donors (Lipinski definition) is 1. The molecular formula is C9H13F3N4OS. The molecule has 0 aliphatic rings. The summed E-state index contributed by atoms with van der Waals surface area (Å²) >= 11 is 1.02. The van der Waals surface area contributed by atoms with Gasteiger partial charge >= 0.3 is 6.18 Å². The first-order chi connectivity index (χ1) is 8.33. The van der Waals surface area contributed by atoms with Crippen LogP contribution in [0.25, 0.3) is 0 Å². The monoisotopic (exact) mass is 282 g/mol. The molecule has 1 aromatic rings. The van der Waals surface area contributed by atoms with Crippen LogP contribution in [0, 0.1) is 0 Å². The van der Waals surface area contributed by atoms with Crippen LogP contribution in [0.2, 0.25) is 0 Å². The largest absolute Gasteiger partial charge is 0.390 e. The molecule has 0 aliphatic carbocycles. The number of anilines is 1. The highest BCUT2D eigenvalue weighted by molar-refractivity contribution is 7.17. The normalized spacial score (nSPS) is 11.4. The molecule has 1 amide bonds. The van der Waals surface area contributed by atoms with E-state index >= 15 is 0 Å². The summed E-state index contributed by atoms with van der Waals surface area (Å²) in [6.45, 7) is 2.10. The second kappa shape index (κ2) is 5.98. The molecule has 0 fully saturated rings. The van der Waals surface area contributed by atoms with Gasteiger partial charge in [0.1, 0.15) is 0 Å². The van der Waals surface area contributed by atoms with Gasteiger partial charge in [0.2, 0.25) is 10.1 Å². The second-order valence-electron chi connectivity index (χ2n) is 3.53. The first-order valence-corrected chi connectivity index (χ1v) is 6.04. The van der Waals surface area contributed by atoms with Gasteiger partial charge in [0.05, 0.1) is 6.42 Å². The average molecular weight is 282 g/mol. The van der Waals surface area contributed by atoms with Crippen molar-refractivity contribution in [2.75, 3.05) is 25.5 Å². The molecule has 9 heteroatoms. The van der Waals surface area contributed by atoms with Crippen molar-refractivity contribution in [1.82, 2.24) is 15.1 Å². The topological polar surface area (TPSA) is 58.1 Å². The van der Waals surface area contributed by atoms with Crippen LogP contribution >= 0.6 is 11.3 Å². The minimum Gasteiger partial charge on any atom is -0.360 e. The quantitative estimate of drug-likeness (QED) is 0.897. The minimum atomic E-state index is -4.27. The summed E-state index contributed by atoms with van der Waals surface area (Å²) in [5.41, 5.74) is 0. The molecule has 1 aromatic heterocycles. The van der Waals surface area contributed by atoms with Crippen molar-refractivity contribution in [3.8, 4) is 0 Å². The van der Waals surface area contributed by atoms with Gasteiger partial charge in [0.25, 0.3) is 5.91 Å². The summed E-state index contributed by atoms with van der Waals surface area (Å²) in [4.78, 5) is 12.7. The lowest BCUT2D eigenvalue weighted by molar-refractivity contribution is -0.136. The van der Waals surface area contributed by atoms with E-state index < -0.39 is 25.0 Å². The van der Waals surface area contributed by atoms with Crippen molar-refractivity contribution < 1.29 is 18.0 Å². The number of nitrogens with zero attached hydrogens (tertiary/aromatic N) is 3. The maximum absolute atomic E-state index is 12.0. The van der Waals surface area contributed by atoms with E-state index in [1.165, 1.54) is 7.05 Å². The third-order valence-electron chi connectivity index (χ3n) is 2.01. The molecular weight excluding hydrogens is 269 g/mol. The molecule has 1 heterocycles. The van der Waals surface area contributed by atoms with Crippen molar-refractivity contribution >= 4 is 22.4 Å². The predicted octanol–water partition coefficient (Wildman–Crippen LogP) is 1.99. The van der Waals surface area contributed by atoms with Crippen molar-refractivity contribution in [3.05, 3.63) is 5.01 Å². The molecule has 0 spiro atoms. The minimum absolute atomic E-state index is 0.0793. The Morgan fingerprint density at radius 2 is 2.11 bits per heavy atom. The van der Waals surface area contributed by atoms with E-state index in [4.69, 9.17) is 0 Å². The Bertz CT molecular complexity index is 407. The summed E-state index contributed by atoms with van der Waals surface area (Å²) in [7, 11) is 1.31. The molecule has 0 saturated heterocycles. The molecule has 102 valence electrons. The highest BCUT2D eigenvalue weighted by atomic mass is 32.1. The van der Waals surface area contributed by atoms with Crippen LogP contribution in [0.3, 0.4) is 0 Å². The van der Waals surface area contributed by atoms with Gasteiger partial charge in [-0.15, -0.1) is 10.2 Å². The van der Waals surface area contributed by atoms with Crippen LogP contribution < -0.4 is 5.32 Å². The Morgan fingerprint density at radius 3 is 2.67 bits per heavy atom. The zero-order valence-corrected chi connectivity index (χ0v) is 10.7. The summed E-state index contributed by atoms with van der Waals surface area (Å²) in [6, 6.07) is 0. The number of aromatic nitrogens is 2. The fraction of sp³-hybridized carbons (Fsp3) is 0.667. The Hall–Kier alpha value is -1.38. The molecule has 0 saturated carbocycles. The van der Waals surface area contributed by atoms with Crippen molar-refractivity contribution in [2.45, 2.75) is 19.5 Å². The van der Waals surface area contributed by atoms with E-state index in [0.29, 0.717) is 11.7 Å². The Balaban J connectivity index is 2.57. The molecule has 0 aromatic carbocycles. The summed E-state index contributed by atoms with van der Waals surface area (Å²) in [6.07, 6.45) is -5.31. The Kier molecular flexibility index (Phi) is 4.88. The lowest BCUT2D eigenvalue weighted by Gasteiger charge is -2.16. The van der Waals surface area contributed by atoms with Crippen LogP contribution in [0.4, 0.5) is 18.3 Å². The van der Waals surface area contributed by atoms with Crippen LogP contribution in [-0.4, -0.2) is 47.3 Å². The van der Waals surface area contributed by atoms with Crippen molar-refractivity contribution in [3.63, 3.8) is 0 Å². The molecule has 0 aliphatic heterocycles. The first kappa shape index (κ1) is 14.7. The smallest absolute Gasteiger partial charge is 0.360 e. The molecule has 1 rings (SSSR count). The number of halogens is 3. The van der Waals surface area contributed by atoms with Gasteiger partial charge in [0.15, 0.2) is 0 Å². The SMILES string of the molecule is CCNc1nnc(C(=O)N(C)CCC(F)(F)F)s1. The van der Waals surface area contributed by atoms with Crippen LogP contribution in [-0.2, 0) is 0 Å². The van der Waals surface area contributed by atoms with Crippen LogP contribution in [0.1, 0.15) is 23.1 Å². The zero-order valence-electron chi connectivity index (χ0n) is 9.91. The summed E-state index contributed by atoms with van der Waals surface area (Å²) in [5.74, 6) is -0.555. The van der Waals surface area contributed by atoms with E-state index in [0.717, 1.165) is 16.2 Å². The maximum Gasteiger partial charge on any atom is 0.390 e. The first-order valence-electron chi connectivity index (χ1n) is 5.23. The fourth-order valence-corrected chi connectivity index (χ4v) is 1.90. The molecule has 0 radical (unpaired) electrons. The number of carbonyl (C=O) groups is 1. The molecule has 0 unspecified atom stereocenters. The van der Waals surface area contributed by atoms with E-state index in [1.54, 1.807) is 0 Å². The highest BCUT2D eigenvalue weighted by Gasteiger charge is 2.28. The molecule has 18 heavy (non-hydrogen) atoms. The van der Waals surface area contributed by atoms with Gasteiger partial charge in [0, 0.05) is 20.1 Å². The number of amides is 1. The van der Waals surface area contributed by atoms with E-state index in [1.807, 2.05) is 6.92 Å². The highest BCUT2D eigenvalue weighted by Crippen LogP contribution is 2.21. The summed E-state index contributed by atoms with van der Waals surface area (Å²) < 4.78 is 36.0. The van der Waals surface area contributed by atoms with Crippen molar-refractivity contribution in [2.24, 2.45) is 0 Å². The third kappa shape index (κ3) is 4.47. The number of hydrogen-bond acceptors (Lipinski definition) is 5. The molecule has 5 nitrogen and oxygen atoms in total. The van der Waals surface area contributed by atoms with Gasteiger partial charge in [-0.1, -0.05) is 11.3 Å².